The first-order valence-corrected chi connectivity index (χ1v) is 5.83. The SMILES string of the molecule is Nc1cc(C(=O)c2ccc(Br)cc2)c(F)cc1F. The third-order valence-corrected chi connectivity index (χ3v) is 2.97. The molecule has 0 radical (unpaired) electrons. The number of ketones is 1. The summed E-state index contributed by atoms with van der Waals surface area (Å²) in [4.78, 5) is 12.0. The Morgan fingerprint density at radius 1 is 1.06 bits per heavy atom. The summed E-state index contributed by atoms with van der Waals surface area (Å²) >= 11 is 3.23. The molecule has 2 aromatic rings. The average Bonchev–Trinajstić information content (AvgIpc) is 2.34. The largest absolute Gasteiger partial charge is 0.396 e. The standard InChI is InChI=1S/C13H8BrF2NO/c14-8-3-1-7(2-4-8)13(18)9-5-12(17)11(16)6-10(9)15/h1-6H,17H2. The number of hydrogen-bond acceptors (Lipinski definition) is 2. The van der Waals surface area contributed by atoms with E-state index in [2.05, 4.69) is 15.9 Å². The van der Waals surface area contributed by atoms with Gasteiger partial charge in [0, 0.05) is 16.1 Å². The van der Waals surface area contributed by atoms with Crippen molar-refractivity contribution in [3.8, 4) is 0 Å². The molecule has 5 heteroatoms. The molecule has 92 valence electrons. The Morgan fingerprint density at radius 2 is 1.67 bits per heavy atom. The molecule has 0 saturated heterocycles. The fraction of sp³-hybridized carbons (Fsp3) is 0. The minimum Gasteiger partial charge on any atom is -0.396 e. The lowest BCUT2D eigenvalue weighted by atomic mass is 10.0. The molecule has 0 unspecified atom stereocenters. The number of rotatable bonds is 2. The van der Waals surface area contributed by atoms with E-state index in [4.69, 9.17) is 5.73 Å². The van der Waals surface area contributed by atoms with Crippen LogP contribution in [0.5, 0.6) is 0 Å². The van der Waals surface area contributed by atoms with Crippen LogP contribution in [-0.2, 0) is 0 Å². The second-order valence-corrected chi connectivity index (χ2v) is 4.61. The second-order valence-electron chi connectivity index (χ2n) is 3.69. The van der Waals surface area contributed by atoms with Crippen LogP contribution in [0.3, 0.4) is 0 Å². The van der Waals surface area contributed by atoms with Crippen molar-refractivity contribution in [1.82, 2.24) is 0 Å². The van der Waals surface area contributed by atoms with E-state index in [1.165, 1.54) is 0 Å². The molecule has 2 aromatic carbocycles. The highest BCUT2D eigenvalue weighted by atomic mass is 79.9. The van der Waals surface area contributed by atoms with Crippen LogP contribution in [0.4, 0.5) is 14.5 Å². The zero-order chi connectivity index (χ0) is 13.3. The zero-order valence-electron chi connectivity index (χ0n) is 9.08. The van der Waals surface area contributed by atoms with Crippen LogP contribution in [0.1, 0.15) is 15.9 Å². The topological polar surface area (TPSA) is 43.1 Å². The van der Waals surface area contributed by atoms with Gasteiger partial charge < -0.3 is 5.73 Å². The zero-order valence-corrected chi connectivity index (χ0v) is 10.7. The van der Waals surface area contributed by atoms with E-state index in [1.54, 1.807) is 24.3 Å². The van der Waals surface area contributed by atoms with Gasteiger partial charge in [-0.15, -0.1) is 0 Å². The first-order valence-electron chi connectivity index (χ1n) is 5.04. The van der Waals surface area contributed by atoms with E-state index in [0.717, 1.165) is 10.5 Å². The van der Waals surface area contributed by atoms with Crippen molar-refractivity contribution in [3.05, 3.63) is 63.6 Å². The molecule has 0 atom stereocenters. The van der Waals surface area contributed by atoms with Crippen LogP contribution >= 0.6 is 15.9 Å². The molecule has 0 aliphatic heterocycles. The summed E-state index contributed by atoms with van der Waals surface area (Å²) < 4.78 is 27.3. The Balaban J connectivity index is 2.46. The summed E-state index contributed by atoms with van der Waals surface area (Å²) in [6.07, 6.45) is 0. The van der Waals surface area contributed by atoms with Crippen LogP contribution in [0.2, 0.25) is 0 Å². The van der Waals surface area contributed by atoms with E-state index < -0.39 is 17.4 Å². The summed E-state index contributed by atoms with van der Waals surface area (Å²) in [5.74, 6) is -2.33. The molecule has 0 bridgehead atoms. The minimum atomic E-state index is -0.922. The van der Waals surface area contributed by atoms with Crippen LogP contribution in [-0.4, -0.2) is 5.78 Å². The quantitative estimate of drug-likeness (QED) is 0.681. The third-order valence-electron chi connectivity index (χ3n) is 2.44. The molecular formula is C13H8BrF2NO. The van der Waals surface area contributed by atoms with Crippen molar-refractivity contribution >= 4 is 27.4 Å². The van der Waals surface area contributed by atoms with Gasteiger partial charge in [-0.3, -0.25) is 4.79 Å². The maximum Gasteiger partial charge on any atom is 0.196 e. The van der Waals surface area contributed by atoms with E-state index in [0.29, 0.717) is 11.6 Å². The molecular weight excluding hydrogens is 304 g/mol. The maximum atomic E-state index is 13.5. The Hall–Kier alpha value is -1.75. The van der Waals surface area contributed by atoms with Gasteiger partial charge in [-0.1, -0.05) is 15.9 Å². The summed E-state index contributed by atoms with van der Waals surface area (Å²) in [6.45, 7) is 0. The lowest BCUT2D eigenvalue weighted by Crippen LogP contribution is -2.06. The predicted molar refractivity (Wildman–Crippen MR) is 68.3 cm³/mol. The van der Waals surface area contributed by atoms with Crippen LogP contribution in [0.15, 0.2) is 40.9 Å². The number of anilines is 1. The van der Waals surface area contributed by atoms with Crippen molar-refractivity contribution < 1.29 is 13.6 Å². The summed E-state index contributed by atoms with van der Waals surface area (Å²) in [5.41, 5.74) is 5.14. The summed E-state index contributed by atoms with van der Waals surface area (Å²) in [7, 11) is 0. The lowest BCUT2D eigenvalue weighted by Gasteiger charge is -2.05. The second kappa shape index (κ2) is 4.86. The van der Waals surface area contributed by atoms with E-state index in [-0.39, 0.29) is 11.3 Å². The van der Waals surface area contributed by atoms with Gasteiger partial charge in [0.25, 0.3) is 0 Å². The average molecular weight is 312 g/mol. The molecule has 2 nitrogen and oxygen atoms in total. The van der Waals surface area contributed by atoms with Gasteiger partial charge in [0.05, 0.1) is 11.3 Å². The van der Waals surface area contributed by atoms with Crippen molar-refractivity contribution in [3.63, 3.8) is 0 Å². The Morgan fingerprint density at radius 3 is 2.28 bits per heavy atom. The Kier molecular flexibility index (Phi) is 3.43. The molecule has 0 heterocycles. The number of halogens is 3. The number of carbonyl (C=O) groups is 1. The molecule has 18 heavy (non-hydrogen) atoms. The molecule has 0 aliphatic rings. The third kappa shape index (κ3) is 2.41. The molecule has 0 aromatic heterocycles. The van der Waals surface area contributed by atoms with Gasteiger partial charge in [0.1, 0.15) is 11.6 Å². The molecule has 2 rings (SSSR count). The van der Waals surface area contributed by atoms with Crippen molar-refractivity contribution in [1.29, 1.82) is 0 Å². The van der Waals surface area contributed by atoms with Gasteiger partial charge in [-0.2, -0.15) is 0 Å². The van der Waals surface area contributed by atoms with Gasteiger partial charge in [-0.05, 0) is 30.3 Å². The molecule has 0 spiro atoms. The van der Waals surface area contributed by atoms with Gasteiger partial charge in [-0.25, -0.2) is 8.78 Å². The highest BCUT2D eigenvalue weighted by Gasteiger charge is 2.16. The predicted octanol–water partition coefficient (Wildman–Crippen LogP) is 3.54. The highest BCUT2D eigenvalue weighted by Crippen LogP contribution is 2.20. The monoisotopic (exact) mass is 311 g/mol. The van der Waals surface area contributed by atoms with Crippen molar-refractivity contribution in [2.45, 2.75) is 0 Å². The number of hydrogen-bond donors (Lipinski definition) is 1. The minimum absolute atomic E-state index is 0.240. The van der Waals surface area contributed by atoms with E-state index in [9.17, 15) is 13.6 Å². The molecule has 0 saturated carbocycles. The maximum absolute atomic E-state index is 13.5. The van der Waals surface area contributed by atoms with Gasteiger partial charge in [0.2, 0.25) is 0 Å². The summed E-state index contributed by atoms with van der Waals surface area (Å²) in [6, 6.07) is 8.04. The lowest BCUT2D eigenvalue weighted by molar-refractivity contribution is 0.103. The van der Waals surface area contributed by atoms with Crippen molar-refractivity contribution in [2.75, 3.05) is 5.73 Å². The smallest absolute Gasteiger partial charge is 0.196 e. The number of carbonyl (C=O) groups excluding carboxylic acids is 1. The summed E-state index contributed by atoms with van der Waals surface area (Å²) in [5, 5.41) is 0. The molecule has 0 fully saturated rings. The Bertz CT molecular complexity index is 611. The number of nitrogens with two attached hydrogens (primary N) is 1. The van der Waals surface area contributed by atoms with Crippen LogP contribution in [0.25, 0.3) is 0 Å². The van der Waals surface area contributed by atoms with Gasteiger partial charge in [0.15, 0.2) is 5.78 Å². The van der Waals surface area contributed by atoms with Gasteiger partial charge >= 0.3 is 0 Å². The first-order chi connectivity index (χ1) is 8.49. The van der Waals surface area contributed by atoms with E-state index >= 15 is 0 Å². The normalized spacial score (nSPS) is 10.4. The fourth-order valence-electron chi connectivity index (χ4n) is 1.50. The van der Waals surface area contributed by atoms with E-state index in [1.807, 2.05) is 0 Å². The van der Waals surface area contributed by atoms with Crippen LogP contribution < -0.4 is 5.73 Å². The molecule has 0 aliphatic carbocycles. The number of benzene rings is 2. The van der Waals surface area contributed by atoms with Crippen molar-refractivity contribution in [2.24, 2.45) is 0 Å². The molecule has 0 amide bonds. The van der Waals surface area contributed by atoms with Crippen LogP contribution in [0, 0.1) is 11.6 Å². The Labute approximate surface area is 111 Å². The molecule has 2 N–H and O–H groups in total. The fourth-order valence-corrected chi connectivity index (χ4v) is 1.76. The number of nitrogen functional groups attached to an aromatic ring is 1. The first kappa shape index (κ1) is 12.7. The highest BCUT2D eigenvalue weighted by molar-refractivity contribution is 9.10.